The van der Waals surface area contributed by atoms with Gasteiger partial charge in [-0.25, -0.2) is 9.37 Å². The molecule has 0 saturated heterocycles. The average molecular weight is 288 g/mol. The molecule has 2 aromatic rings. The van der Waals surface area contributed by atoms with Gasteiger partial charge in [0.15, 0.2) is 0 Å². The molecule has 4 nitrogen and oxygen atoms in total. The van der Waals surface area contributed by atoms with Crippen molar-refractivity contribution < 1.29 is 4.39 Å². The van der Waals surface area contributed by atoms with E-state index in [4.69, 9.17) is 0 Å². The zero-order valence-electron chi connectivity index (χ0n) is 12.7. The van der Waals surface area contributed by atoms with Crippen LogP contribution in [-0.4, -0.2) is 23.1 Å². The standard InChI is InChI=1S/C16H21FN4/c1-4-10-18-16-19-12(3)11-15(20-16)21(5-2)14-9-7-6-8-13(14)17/h6-9,11H,4-5,10H2,1-3H3,(H,18,19,20). The Hall–Kier alpha value is -2.17. The molecule has 0 aliphatic carbocycles. The molecule has 0 aliphatic rings. The number of benzene rings is 1. The summed E-state index contributed by atoms with van der Waals surface area (Å²) < 4.78 is 14.0. The van der Waals surface area contributed by atoms with Crippen LogP contribution in [0.1, 0.15) is 26.0 Å². The molecule has 1 heterocycles. The molecule has 0 fully saturated rings. The Kier molecular flexibility index (Phi) is 5.09. The molecule has 1 aromatic heterocycles. The van der Waals surface area contributed by atoms with E-state index in [-0.39, 0.29) is 5.82 Å². The smallest absolute Gasteiger partial charge is 0.224 e. The van der Waals surface area contributed by atoms with Crippen molar-refractivity contribution in [2.45, 2.75) is 27.2 Å². The number of rotatable bonds is 6. The predicted octanol–water partition coefficient (Wildman–Crippen LogP) is 3.90. The molecule has 21 heavy (non-hydrogen) atoms. The first-order chi connectivity index (χ1) is 10.2. The zero-order chi connectivity index (χ0) is 15.2. The molecule has 0 bridgehead atoms. The highest BCUT2D eigenvalue weighted by Gasteiger charge is 2.14. The van der Waals surface area contributed by atoms with Crippen LogP contribution < -0.4 is 10.2 Å². The molecule has 2 rings (SSSR count). The second kappa shape index (κ2) is 7.02. The number of halogens is 1. The Morgan fingerprint density at radius 3 is 2.62 bits per heavy atom. The van der Waals surface area contributed by atoms with Crippen molar-refractivity contribution in [1.82, 2.24) is 9.97 Å². The molecule has 0 spiro atoms. The van der Waals surface area contributed by atoms with Gasteiger partial charge in [-0.1, -0.05) is 19.1 Å². The summed E-state index contributed by atoms with van der Waals surface area (Å²) in [7, 11) is 0. The van der Waals surface area contributed by atoms with Gasteiger partial charge in [-0.3, -0.25) is 0 Å². The summed E-state index contributed by atoms with van der Waals surface area (Å²) in [6, 6.07) is 8.60. The van der Waals surface area contributed by atoms with Gasteiger partial charge < -0.3 is 10.2 Å². The second-order valence-corrected chi connectivity index (χ2v) is 4.81. The van der Waals surface area contributed by atoms with Crippen molar-refractivity contribution in [2.75, 3.05) is 23.3 Å². The van der Waals surface area contributed by atoms with Crippen LogP contribution in [0.15, 0.2) is 30.3 Å². The molecule has 1 aromatic carbocycles. The third-order valence-corrected chi connectivity index (χ3v) is 3.11. The molecule has 0 saturated carbocycles. The summed E-state index contributed by atoms with van der Waals surface area (Å²) in [6.45, 7) is 7.42. The van der Waals surface area contributed by atoms with Gasteiger partial charge in [0, 0.05) is 24.8 Å². The highest BCUT2D eigenvalue weighted by Crippen LogP contribution is 2.27. The fourth-order valence-electron chi connectivity index (χ4n) is 2.13. The van der Waals surface area contributed by atoms with Crippen molar-refractivity contribution in [3.8, 4) is 0 Å². The summed E-state index contributed by atoms with van der Waals surface area (Å²) in [5.74, 6) is 1.04. The summed E-state index contributed by atoms with van der Waals surface area (Å²) in [4.78, 5) is 10.7. The number of anilines is 3. The predicted molar refractivity (Wildman–Crippen MR) is 84.6 cm³/mol. The first-order valence-corrected chi connectivity index (χ1v) is 7.27. The first-order valence-electron chi connectivity index (χ1n) is 7.27. The molecular formula is C16H21FN4. The summed E-state index contributed by atoms with van der Waals surface area (Å²) >= 11 is 0. The lowest BCUT2D eigenvalue weighted by molar-refractivity contribution is 0.625. The largest absolute Gasteiger partial charge is 0.354 e. The molecular weight excluding hydrogens is 267 g/mol. The maximum absolute atomic E-state index is 14.0. The van der Waals surface area contributed by atoms with Crippen LogP contribution in [0.25, 0.3) is 0 Å². The Morgan fingerprint density at radius 2 is 1.95 bits per heavy atom. The first kappa shape index (κ1) is 15.2. The lowest BCUT2D eigenvalue weighted by Crippen LogP contribution is -2.20. The second-order valence-electron chi connectivity index (χ2n) is 4.81. The lowest BCUT2D eigenvalue weighted by atomic mass is 10.2. The minimum Gasteiger partial charge on any atom is -0.354 e. The molecule has 0 radical (unpaired) electrons. The number of para-hydroxylation sites is 1. The normalized spacial score (nSPS) is 10.5. The monoisotopic (exact) mass is 288 g/mol. The Balaban J connectivity index is 2.38. The van der Waals surface area contributed by atoms with Crippen LogP contribution in [0.2, 0.25) is 0 Å². The number of nitrogens with one attached hydrogen (secondary N) is 1. The fraction of sp³-hybridized carbons (Fsp3) is 0.375. The molecule has 0 amide bonds. The molecule has 0 unspecified atom stereocenters. The highest BCUT2D eigenvalue weighted by molar-refractivity contribution is 5.61. The highest BCUT2D eigenvalue weighted by atomic mass is 19.1. The number of nitrogens with zero attached hydrogens (tertiary/aromatic N) is 3. The van der Waals surface area contributed by atoms with Gasteiger partial charge in [0.25, 0.3) is 0 Å². The molecule has 1 N–H and O–H groups in total. The minimum absolute atomic E-state index is 0.251. The molecule has 112 valence electrons. The van der Waals surface area contributed by atoms with Gasteiger partial charge in [0.05, 0.1) is 5.69 Å². The van der Waals surface area contributed by atoms with E-state index in [0.29, 0.717) is 24.0 Å². The van der Waals surface area contributed by atoms with Crippen LogP contribution >= 0.6 is 0 Å². The van der Waals surface area contributed by atoms with Crippen molar-refractivity contribution in [3.63, 3.8) is 0 Å². The Morgan fingerprint density at radius 1 is 1.19 bits per heavy atom. The maximum Gasteiger partial charge on any atom is 0.224 e. The number of hydrogen-bond donors (Lipinski definition) is 1. The third kappa shape index (κ3) is 3.68. The summed E-state index contributed by atoms with van der Waals surface area (Å²) in [6.07, 6.45) is 0.997. The van der Waals surface area contributed by atoms with E-state index >= 15 is 0 Å². The van der Waals surface area contributed by atoms with E-state index in [0.717, 1.165) is 18.7 Å². The number of aryl methyl sites for hydroxylation is 1. The minimum atomic E-state index is -0.251. The molecule has 5 heteroatoms. The van der Waals surface area contributed by atoms with Crippen molar-refractivity contribution >= 4 is 17.5 Å². The van der Waals surface area contributed by atoms with Gasteiger partial charge in [0.2, 0.25) is 5.95 Å². The van der Waals surface area contributed by atoms with E-state index in [1.165, 1.54) is 6.07 Å². The van der Waals surface area contributed by atoms with Crippen molar-refractivity contribution in [2.24, 2.45) is 0 Å². The van der Waals surface area contributed by atoms with Crippen LogP contribution in [-0.2, 0) is 0 Å². The van der Waals surface area contributed by atoms with Crippen LogP contribution in [0.4, 0.5) is 21.8 Å². The van der Waals surface area contributed by atoms with E-state index in [2.05, 4.69) is 22.2 Å². The average Bonchev–Trinajstić information content (AvgIpc) is 2.47. The van der Waals surface area contributed by atoms with E-state index in [1.807, 2.05) is 30.9 Å². The van der Waals surface area contributed by atoms with Crippen molar-refractivity contribution in [3.05, 3.63) is 41.8 Å². The van der Waals surface area contributed by atoms with E-state index < -0.39 is 0 Å². The summed E-state index contributed by atoms with van der Waals surface area (Å²) in [5.41, 5.74) is 1.38. The third-order valence-electron chi connectivity index (χ3n) is 3.11. The molecule has 0 atom stereocenters. The topological polar surface area (TPSA) is 41.1 Å². The molecule has 0 aliphatic heterocycles. The van der Waals surface area contributed by atoms with Crippen LogP contribution in [0.3, 0.4) is 0 Å². The maximum atomic E-state index is 14.0. The summed E-state index contributed by atoms with van der Waals surface area (Å²) in [5, 5.41) is 3.18. The Labute approximate surface area is 125 Å². The van der Waals surface area contributed by atoms with Gasteiger partial charge in [-0.2, -0.15) is 4.98 Å². The lowest BCUT2D eigenvalue weighted by Gasteiger charge is -2.23. The number of hydrogen-bond acceptors (Lipinski definition) is 4. The van der Waals surface area contributed by atoms with Gasteiger partial charge >= 0.3 is 0 Å². The number of aromatic nitrogens is 2. The van der Waals surface area contributed by atoms with Crippen molar-refractivity contribution in [1.29, 1.82) is 0 Å². The van der Waals surface area contributed by atoms with Gasteiger partial charge in [-0.15, -0.1) is 0 Å². The fourth-order valence-corrected chi connectivity index (χ4v) is 2.13. The van der Waals surface area contributed by atoms with Gasteiger partial charge in [0.1, 0.15) is 11.6 Å². The van der Waals surface area contributed by atoms with Crippen LogP contribution in [0, 0.1) is 12.7 Å². The SMILES string of the molecule is CCCNc1nc(C)cc(N(CC)c2ccccc2F)n1. The van der Waals surface area contributed by atoms with Crippen LogP contribution in [0.5, 0.6) is 0 Å². The van der Waals surface area contributed by atoms with Gasteiger partial charge in [-0.05, 0) is 32.4 Å². The van der Waals surface area contributed by atoms with E-state index in [9.17, 15) is 4.39 Å². The van der Waals surface area contributed by atoms with E-state index in [1.54, 1.807) is 12.1 Å². The Bertz CT molecular complexity index is 601. The zero-order valence-corrected chi connectivity index (χ0v) is 12.7. The quantitative estimate of drug-likeness (QED) is 0.875.